The van der Waals surface area contributed by atoms with Gasteiger partial charge in [-0.1, -0.05) is 0 Å². The zero-order valence-electron chi connectivity index (χ0n) is 12.5. The van der Waals surface area contributed by atoms with Crippen molar-refractivity contribution >= 4 is 28.5 Å². The second-order valence-electron chi connectivity index (χ2n) is 5.76. The number of rotatable bonds is 1. The van der Waals surface area contributed by atoms with Crippen LogP contribution in [0.15, 0.2) is 18.2 Å². The molecule has 0 atom stereocenters. The maximum Gasteiger partial charge on any atom is 0.415 e. The van der Waals surface area contributed by atoms with Crippen LogP contribution in [0.3, 0.4) is 0 Å². The first kappa shape index (κ1) is 14.2. The van der Waals surface area contributed by atoms with Crippen LogP contribution < -0.4 is 10.6 Å². The van der Waals surface area contributed by atoms with E-state index in [-0.39, 0.29) is 0 Å². The van der Waals surface area contributed by atoms with Crippen molar-refractivity contribution in [2.45, 2.75) is 26.4 Å². The number of nitrogens with two attached hydrogens (primary N) is 1. The molecule has 6 nitrogen and oxygen atoms in total. The summed E-state index contributed by atoms with van der Waals surface area (Å²) in [5.74, 6) is 0.532. The standard InChI is InChI=1S/C14H20N4O2/c1-14(2,3)20-13(19)17(4)12-10-8-9(15)6-7-11(10)18(5)16-12/h6-8H,15H2,1-5H3. The summed E-state index contributed by atoms with van der Waals surface area (Å²) in [7, 11) is 3.46. The quantitative estimate of drug-likeness (QED) is 0.812. The van der Waals surface area contributed by atoms with Crippen molar-refractivity contribution in [3.05, 3.63) is 18.2 Å². The lowest BCUT2D eigenvalue weighted by Gasteiger charge is -2.23. The third-order valence-corrected chi connectivity index (χ3v) is 2.84. The average Bonchev–Trinajstić information content (AvgIpc) is 2.63. The van der Waals surface area contributed by atoms with Gasteiger partial charge in [0.25, 0.3) is 0 Å². The van der Waals surface area contributed by atoms with Crippen LogP contribution in [0.1, 0.15) is 20.8 Å². The SMILES string of the molecule is CN(C(=O)OC(C)(C)C)c1nn(C)c2ccc(N)cc12. The topological polar surface area (TPSA) is 73.4 Å². The van der Waals surface area contributed by atoms with Gasteiger partial charge in [0, 0.05) is 25.2 Å². The van der Waals surface area contributed by atoms with Gasteiger partial charge in [-0.2, -0.15) is 5.10 Å². The van der Waals surface area contributed by atoms with Gasteiger partial charge in [-0.15, -0.1) is 0 Å². The summed E-state index contributed by atoms with van der Waals surface area (Å²) in [5, 5.41) is 5.19. The van der Waals surface area contributed by atoms with Crippen molar-refractivity contribution in [2.75, 3.05) is 17.7 Å². The van der Waals surface area contributed by atoms with Crippen molar-refractivity contribution < 1.29 is 9.53 Å². The largest absolute Gasteiger partial charge is 0.443 e. The molecule has 20 heavy (non-hydrogen) atoms. The maximum absolute atomic E-state index is 12.1. The normalized spacial score (nSPS) is 11.7. The molecule has 0 aliphatic carbocycles. The molecule has 108 valence electrons. The molecule has 2 aromatic rings. The van der Waals surface area contributed by atoms with Crippen LogP contribution in [-0.4, -0.2) is 28.5 Å². The molecule has 2 N–H and O–H groups in total. The Morgan fingerprint density at radius 1 is 1.40 bits per heavy atom. The summed E-state index contributed by atoms with van der Waals surface area (Å²) >= 11 is 0. The van der Waals surface area contributed by atoms with E-state index in [1.54, 1.807) is 23.9 Å². The second kappa shape index (κ2) is 4.70. The maximum atomic E-state index is 12.1. The number of fused-ring (bicyclic) bond motifs is 1. The summed E-state index contributed by atoms with van der Waals surface area (Å²) < 4.78 is 7.06. The minimum Gasteiger partial charge on any atom is -0.443 e. The van der Waals surface area contributed by atoms with Gasteiger partial charge in [-0.05, 0) is 39.0 Å². The summed E-state index contributed by atoms with van der Waals surface area (Å²) in [6.07, 6.45) is -0.445. The van der Waals surface area contributed by atoms with Gasteiger partial charge in [0.1, 0.15) is 5.60 Å². The number of benzene rings is 1. The first-order valence-electron chi connectivity index (χ1n) is 6.38. The zero-order chi connectivity index (χ0) is 15.1. The molecule has 6 heteroatoms. The molecule has 0 saturated carbocycles. The molecule has 0 aliphatic heterocycles. The van der Waals surface area contributed by atoms with Gasteiger partial charge in [-0.25, -0.2) is 4.79 Å². The molecule has 0 unspecified atom stereocenters. The Kier molecular flexibility index (Phi) is 3.33. The number of nitrogen functional groups attached to an aromatic ring is 1. The Morgan fingerprint density at radius 2 is 2.05 bits per heavy atom. The molecule has 1 amide bonds. The smallest absolute Gasteiger partial charge is 0.415 e. The number of carbonyl (C=O) groups excluding carboxylic acids is 1. The fourth-order valence-corrected chi connectivity index (χ4v) is 1.93. The Morgan fingerprint density at radius 3 is 2.65 bits per heavy atom. The summed E-state index contributed by atoms with van der Waals surface area (Å²) in [5.41, 5.74) is 6.80. The Hall–Kier alpha value is -2.24. The summed E-state index contributed by atoms with van der Waals surface area (Å²) in [6, 6.07) is 5.49. The molecule has 0 fully saturated rings. The highest BCUT2D eigenvalue weighted by Gasteiger charge is 2.24. The van der Waals surface area contributed by atoms with Gasteiger partial charge in [0.2, 0.25) is 0 Å². The Balaban J connectivity index is 2.42. The van der Waals surface area contributed by atoms with Gasteiger partial charge in [0.05, 0.1) is 5.52 Å². The molecule has 0 saturated heterocycles. The van der Waals surface area contributed by atoms with Crippen molar-refractivity contribution in [3.8, 4) is 0 Å². The highest BCUT2D eigenvalue weighted by Crippen LogP contribution is 2.27. The molecule has 0 spiro atoms. The van der Waals surface area contributed by atoms with Crippen LogP contribution in [0.2, 0.25) is 0 Å². The van der Waals surface area contributed by atoms with E-state index in [0.717, 1.165) is 10.9 Å². The first-order valence-corrected chi connectivity index (χ1v) is 6.38. The number of aromatic nitrogens is 2. The van der Waals surface area contributed by atoms with Crippen LogP contribution in [0, 0.1) is 0 Å². The number of ether oxygens (including phenoxy) is 1. The van der Waals surface area contributed by atoms with Gasteiger partial charge >= 0.3 is 6.09 Å². The van der Waals surface area contributed by atoms with Crippen LogP contribution in [0.5, 0.6) is 0 Å². The van der Waals surface area contributed by atoms with E-state index < -0.39 is 11.7 Å². The fourth-order valence-electron chi connectivity index (χ4n) is 1.93. The number of aryl methyl sites for hydroxylation is 1. The minimum absolute atomic E-state index is 0.445. The van der Waals surface area contributed by atoms with Crippen molar-refractivity contribution in [1.82, 2.24) is 9.78 Å². The average molecular weight is 276 g/mol. The number of hydrogen-bond acceptors (Lipinski definition) is 4. The first-order chi connectivity index (χ1) is 9.19. The van der Waals surface area contributed by atoms with E-state index in [2.05, 4.69) is 5.10 Å². The van der Waals surface area contributed by atoms with E-state index >= 15 is 0 Å². The fraction of sp³-hybridized carbons (Fsp3) is 0.429. The van der Waals surface area contributed by atoms with E-state index in [1.807, 2.05) is 33.9 Å². The number of anilines is 2. The predicted octanol–water partition coefficient (Wildman–Crippen LogP) is 2.53. The van der Waals surface area contributed by atoms with Gasteiger partial charge in [-0.3, -0.25) is 9.58 Å². The Labute approximate surface area is 118 Å². The predicted molar refractivity (Wildman–Crippen MR) is 79.8 cm³/mol. The van der Waals surface area contributed by atoms with Gasteiger partial charge in [0.15, 0.2) is 5.82 Å². The molecule has 0 bridgehead atoms. The molecular weight excluding hydrogens is 256 g/mol. The lowest BCUT2D eigenvalue weighted by molar-refractivity contribution is 0.0588. The third-order valence-electron chi connectivity index (χ3n) is 2.84. The van der Waals surface area contributed by atoms with Gasteiger partial charge < -0.3 is 10.5 Å². The molecule has 1 aromatic heterocycles. The van der Waals surface area contributed by atoms with E-state index in [1.165, 1.54) is 4.90 Å². The number of carbonyl (C=O) groups is 1. The number of amides is 1. The lowest BCUT2D eigenvalue weighted by Crippen LogP contribution is -2.34. The van der Waals surface area contributed by atoms with Crippen molar-refractivity contribution in [2.24, 2.45) is 7.05 Å². The number of nitrogens with zero attached hydrogens (tertiary/aromatic N) is 3. The molecule has 0 radical (unpaired) electrons. The van der Waals surface area contributed by atoms with Crippen LogP contribution in [0.4, 0.5) is 16.3 Å². The van der Waals surface area contributed by atoms with Crippen LogP contribution in [-0.2, 0) is 11.8 Å². The summed E-state index contributed by atoms with van der Waals surface area (Å²) in [6.45, 7) is 5.48. The monoisotopic (exact) mass is 276 g/mol. The van der Waals surface area contributed by atoms with Crippen molar-refractivity contribution in [3.63, 3.8) is 0 Å². The molecule has 2 rings (SSSR count). The summed E-state index contributed by atoms with van der Waals surface area (Å²) in [4.78, 5) is 13.5. The third kappa shape index (κ3) is 2.68. The van der Waals surface area contributed by atoms with Crippen molar-refractivity contribution in [1.29, 1.82) is 0 Å². The molecular formula is C14H20N4O2. The minimum atomic E-state index is -0.547. The van der Waals surface area contributed by atoms with Crippen LogP contribution >= 0.6 is 0 Å². The van der Waals surface area contributed by atoms with Crippen LogP contribution in [0.25, 0.3) is 10.9 Å². The van der Waals surface area contributed by atoms with E-state index in [9.17, 15) is 4.79 Å². The van der Waals surface area contributed by atoms with E-state index in [4.69, 9.17) is 10.5 Å². The van der Waals surface area contributed by atoms with E-state index in [0.29, 0.717) is 11.5 Å². The molecule has 0 aliphatic rings. The molecule has 1 aromatic carbocycles. The second-order valence-corrected chi connectivity index (χ2v) is 5.76. The highest BCUT2D eigenvalue weighted by molar-refractivity contribution is 5.99. The zero-order valence-corrected chi connectivity index (χ0v) is 12.5. The Bertz CT molecular complexity index is 655. The number of hydrogen-bond donors (Lipinski definition) is 1. The lowest BCUT2D eigenvalue weighted by atomic mass is 10.2. The molecule has 1 heterocycles. The highest BCUT2D eigenvalue weighted by atomic mass is 16.6.